The molecule has 0 aliphatic rings. The SMILES string of the molecule is NN[SiH2]NN. The Morgan fingerprint density at radius 2 is 1.60 bits per heavy atom. The number of hydrogen-bond acceptors (Lipinski definition) is 4. The highest BCUT2D eigenvalue weighted by atomic mass is 28.2. The molecule has 0 saturated heterocycles. The normalized spacial score (nSPS) is 8.40. The Morgan fingerprint density at radius 1 is 1.20 bits per heavy atom. The van der Waals surface area contributed by atoms with E-state index in [9.17, 15) is 0 Å². The summed E-state index contributed by atoms with van der Waals surface area (Å²) in [6.45, 7) is 0. The molecule has 0 aromatic carbocycles. The highest BCUT2D eigenvalue weighted by Crippen LogP contribution is 1.11. The molecule has 0 amide bonds. The lowest BCUT2D eigenvalue weighted by atomic mass is 12.9. The minimum absolute atomic E-state index is 0.512. The topological polar surface area (TPSA) is 76.1 Å². The molecule has 0 heterocycles. The van der Waals surface area contributed by atoms with Crippen LogP contribution in [0.1, 0.15) is 0 Å². The number of nitrogens with two attached hydrogens (primary N) is 2. The van der Waals surface area contributed by atoms with Gasteiger partial charge in [-0.1, -0.05) is 0 Å². The summed E-state index contributed by atoms with van der Waals surface area (Å²) in [6.07, 6.45) is 0. The van der Waals surface area contributed by atoms with Gasteiger partial charge in [-0.2, -0.15) is 0 Å². The zero-order valence-electron chi connectivity index (χ0n) is 2.86. The molecule has 0 aromatic rings. The van der Waals surface area contributed by atoms with Crippen LogP contribution in [0.4, 0.5) is 0 Å². The van der Waals surface area contributed by atoms with Crippen molar-refractivity contribution in [2.75, 3.05) is 0 Å². The molecule has 0 rings (SSSR count). The lowest BCUT2D eigenvalue weighted by Gasteiger charge is -1.87. The largest absolute Gasteiger partial charge is 0.277 e. The van der Waals surface area contributed by atoms with Crippen LogP contribution in [0, 0.1) is 0 Å². The maximum Gasteiger partial charge on any atom is 0.194 e. The van der Waals surface area contributed by atoms with Crippen LogP contribution >= 0.6 is 0 Å². The van der Waals surface area contributed by atoms with E-state index in [1.807, 2.05) is 0 Å². The number of hydrazine groups is 2. The molecule has 0 spiro atoms. The summed E-state index contributed by atoms with van der Waals surface area (Å²) >= 11 is 0. The summed E-state index contributed by atoms with van der Waals surface area (Å²) in [7, 11) is -0.512. The van der Waals surface area contributed by atoms with Crippen molar-refractivity contribution in [3.05, 3.63) is 0 Å². The fourth-order valence-electron chi connectivity index (χ4n) is 0.0589. The van der Waals surface area contributed by atoms with Crippen LogP contribution < -0.4 is 21.9 Å². The average Bonchev–Trinajstić information content (AvgIpc) is 1.41. The first-order valence-electron chi connectivity index (χ1n) is 1.28. The highest BCUT2D eigenvalue weighted by molar-refractivity contribution is 6.27. The molecule has 0 aliphatic carbocycles. The average molecular weight is 92.2 g/mol. The summed E-state index contributed by atoms with van der Waals surface area (Å²) < 4.78 is 0. The summed E-state index contributed by atoms with van der Waals surface area (Å²) in [5.41, 5.74) is 0. The van der Waals surface area contributed by atoms with Crippen molar-refractivity contribution in [1.82, 2.24) is 10.2 Å². The van der Waals surface area contributed by atoms with Gasteiger partial charge in [0.25, 0.3) is 0 Å². The lowest BCUT2D eigenvalue weighted by Crippen LogP contribution is -2.41. The van der Waals surface area contributed by atoms with Gasteiger partial charge in [0.1, 0.15) is 0 Å². The van der Waals surface area contributed by atoms with E-state index in [2.05, 4.69) is 10.2 Å². The first-order valence-corrected chi connectivity index (χ1v) is 2.70. The minimum Gasteiger partial charge on any atom is -0.277 e. The van der Waals surface area contributed by atoms with Crippen LogP contribution in [-0.2, 0) is 0 Å². The molecular weight excluding hydrogens is 84.1 g/mol. The number of hydrogen-bond donors (Lipinski definition) is 4. The Bertz CT molecular complexity index is 11.1. The molecule has 6 N–H and O–H groups in total. The third-order valence-electron chi connectivity index (χ3n) is 0.204. The third kappa shape index (κ3) is 4.06. The van der Waals surface area contributed by atoms with Crippen LogP contribution in [0.2, 0.25) is 0 Å². The van der Waals surface area contributed by atoms with Gasteiger partial charge in [0.15, 0.2) is 9.84 Å². The van der Waals surface area contributed by atoms with Crippen LogP contribution in [0.25, 0.3) is 0 Å². The van der Waals surface area contributed by atoms with E-state index in [4.69, 9.17) is 11.7 Å². The van der Waals surface area contributed by atoms with E-state index in [0.717, 1.165) is 0 Å². The maximum absolute atomic E-state index is 4.81. The summed E-state index contributed by atoms with van der Waals surface area (Å²) in [6, 6.07) is 0. The van der Waals surface area contributed by atoms with Gasteiger partial charge in [0, 0.05) is 0 Å². The van der Waals surface area contributed by atoms with Crippen molar-refractivity contribution in [2.45, 2.75) is 0 Å². The van der Waals surface area contributed by atoms with Crippen LogP contribution in [0.15, 0.2) is 0 Å². The predicted molar refractivity (Wildman–Crippen MR) is 23.2 cm³/mol. The van der Waals surface area contributed by atoms with Crippen molar-refractivity contribution < 1.29 is 0 Å². The molecule has 0 saturated carbocycles. The number of nitrogens with one attached hydrogen (secondary N) is 2. The van der Waals surface area contributed by atoms with E-state index >= 15 is 0 Å². The molecule has 0 radical (unpaired) electrons. The Labute approximate surface area is 32.8 Å². The molecule has 0 bridgehead atoms. The lowest BCUT2D eigenvalue weighted by molar-refractivity contribution is 0.977. The Hall–Kier alpha value is 0.0569. The molecule has 0 unspecified atom stereocenters. The first-order chi connectivity index (χ1) is 2.41. The van der Waals surface area contributed by atoms with E-state index in [1.54, 1.807) is 0 Å². The third-order valence-corrected chi connectivity index (χ3v) is 0.612. The van der Waals surface area contributed by atoms with E-state index in [-0.39, 0.29) is 0 Å². The monoisotopic (exact) mass is 92.1 g/mol. The van der Waals surface area contributed by atoms with Gasteiger partial charge in [-0.25, -0.2) is 0 Å². The number of rotatable bonds is 2. The quantitative estimate of drug-likeness (QED) is 0.165. The molecule has 0 aromatic heterocycles. The molecule has 0 aliphatic heterocycles. The Balaban J connectivity index is 2.19. The first kappa shape index (κ1) is 5.06. The van der Waals surface area contributed by atoms with Crippen molar-refractivity contribution in [2.24, 2.45) is 11.7 Å². The summed E-state index contributed by atoms with van der Waals surface area (Å²) in [5.74, 6) is 9.62. The summed E-state index contributed by atoms with van der Waals surface area (Å²) in [4.78, 5) is 0. The van der Waals surface area contributed by atoms with E-state index in [0.29, 0.717) is 0 Å². The molecule has 5 heavy (non-hydrogen) atoms. The van der Waals surface area contributed by atoms with Crippen LogP contribution in [0.5, 0.6) is 0 Å². The molecule has 0 atom stereocenters. The molecule has 0 fully saturated rings. The van der Waals surface area contributed by atoms with Crippen molar-refractivity contribution in [1.29, 1.82) is 0 Å². The van der Waals surface area contributed by atoms with Gasteiger partial charge in [-0.05, 0) is 0 Å². The fraction of sp³-hybridized carbons (Fsp3) is 0. The molecule has 32 valence electrons. The van der Waals surface area contributed by atoms with Gasteiger partial charge in [0.05, 0.1) is 0 Å². The molecule has 5 heteroatoms. The van der Waals surface area contributed by atoms with E-state index < -0.39 is 9.84 Å². The van der Waals surface area contributed by atoms with Crippen molar-refractivity contribution >= 4 is 9.84 Å². The van der Waals surface area contributed by atoms with Gasteiger partial charge in [-0.3, -0.25) is 21.9 Å². The maximum atomic E-state index is 4.81. The van der Waals surface area contributed by atoms with E-state index in [1.165, 1.54) is 0 Å². The second kappa shape index (κ2) is 4.06. The second-order valence-corrected chi connectivity index (χ2v) is 1.76. The highest BCUT2D eigenvalue weighted by Gasteiger charge is 1.64. The fourth-order valence-corrected chi connectivity index (χ4v) is 0.177. The van der Waals surface area contributed by atoms with Crippen molar-refractivity contribution in [3.8, 4) is 0 Å². The van der Waals surface area contributed by atoms with Crippen LogP contribution in [0.3, 0.4) is 0 Å². The van der Waals surface area contributed by atoms with Crippen LogP contribution in [-0.4, -0.2) is 9.84 Å². The zero-order valence-corrected chi connectivity index (χ0v) is 4.28. The molecule has 4 nitrogen and oxygen atoms in total. The van der Waals surface area contributed by atoms with Gasteiger partial charge in [0.2, 0.25) is 0 Å². The minimum atomic E-state index is -0.512. The van der Waals surface area contributed by atoms with Gasteiger partial charge >= 0.3 is 0 Å². The summed E-state index contributed by atoms with van der Waals surface area (Å²) in [5, 5.41) is 4.84. The smallest absolute Gasteiger partial charge is 0.194 e. The Morgan fingerprint density at radius 3 is 1.60 bits per heavy atom. The predicted octanol–water partition coefficient (Wildman–Crippen LogP) is -3.09. The van der Waals surface area contributed by atoms with Crippen molar-refractivity contribution in [3.63, 3.8) is 0 Å². The zero-order chi connectivity index (χ0) is 4.12. The van der Waals surface area contributed by atoms with Gasteiger partial charge < -0.3 is 0 Å². The standard InChI is InChI=1S/H8N4Si/c1-3-5-4-2/h3-4H,1-2,5H2. The van der Waals surface area contributed by atoms with Gasteiger partial charge in [-0.15, -0.1) is 0 Å². The Kier molecular flexibility index (Phi) is 4.10. The molecular formula is H8N4Si. The second-order valence-electron chi connectivity index (χ2n) is 0.585.